The second-order valence-electron chi connectivity index (χ2n) is 7.08. The minimum atomic E-state index is -2.96. The number of ether oxygens (including phenoxy) is 1. The van der Waals surface area contributed by atoms with Gasteiger partial charge in [-0.1, -0.05) is 49.0 Å². The van der Waals surface area contributed by atoms with E-state index < -0.39 is 6.61 Å². The number of rotatable bonds is 7. The maximum Gasteiger partial charge on any atom is 0.387 e. The number of aryl methyl sites for hydroxylation is 1. The van der Waals surface area contributed by atoms with Crippen LogP contribution < -0.4 is 4.74 Å². The summed E-state index contributed by atoms with van der Waals surface area (Å²) in [5, 5.41) is 9.53. The molecule has 30 heavy (non-hydrogen) atoms. The molecule has 0 radical (unpaired) electrons. The third-order valence-corrected chi connectivity index (χ3v) is 6.08. The molecule has 1 aliphatic heterocycles. The van der Waals surface area contributed by atoms with E-state index in [9.17, 15) is 18.3 Å². The van der Waals surface area contributed by atoms with Gasteiger partial charge in [0.25, 0.3) is 0 Å². The molecular weight excluding hydrogens is 409 g/mol. The van der Waals surface area contributed by atoms with E-state index in [0.29, 0.717) is 29.5 Å². The van der Waals surface area contributed by atoms with Crippen molar-refractivity contribution in [1.82, 2.24) is 0 Å². The highest BCUT2D eigenvalue weighted by Gasteiger charge is 2.15. The van der Waals surface area contributed by atoms with Gasteiger partial charge in [0.15, 0.2) is 0 Å². The van der Waals surface area contributed by atoms with Crippen LogP contribution >= 0.6 is 11.8 Å². The van der Waals surface area contributed by atoms with Crippen LogP contribution in [0.3, 0.4) is 0 Å². The second-order valence-corrected chi connectivity index (χ2v) is 8.33. The summed E-state index contributed by atoms with van der Waals surface area (Å²) < 4.78 is 44.9. The lowest BCUT2D eigenvalue weighted by Crippen LogP contribution is -2.04. The van der Waals surface area contributed by atoms with Crippen LogP contribution in [-0.2, 0) is 12.8 Å². The van der Waals surface area contributed by atoms with E-state index in [4.69, 9.17) is 4.74 Å². The van der Waals surface area contributed by atoms with E-state index in [1.54, 1.807) is 36.0 Å². The highest BCUT2D eigenvalue weighted by molar-refractivity contribution is 8.06. The van der Waals surface area contributed by atoms with Gasteiger partial charge < -0.3 is 9.84 Å². The zero-order valence-electron chi connectivity index (χ0n) is 16.8. The smallest absolute Gasteiger partial charge is 0.387 e. The zero-order valence-corrected chi connectivity index (χ0v) is 17.7. The first-order valence-electron chi connectivity index (χ1n) is 10.0. The van der Waals surface area contributed by atoms with Crippen LogP contribution in [-0.4, -0.2) is 18.3 Å². The Kier molecular flexibility index (Phi) is 8.05. The van der Waals surface area contributed by atoms with Gasteiger partial charge in [0.1, 0.15) is 11.6 Å². The Labute approximate surface area is 179 Å². The van der Waals surface area contributed by atoms with Crippen LogP contribution in [0.2, 0.25) is 0 Å². The number of alkyl halides is 2. The monoisotopic (exact) mass is 434 g/mol. The molecule has 0 unspecified atom stereocenters. The maximum atomic E-state index is 14.3. The van der Waals surface area contributed by atoms with E-state index in [1.165, 1.54) is 12.1 Å². The summed E-state index contributed by atoms with van der Waals surface area (Å²) in [6.07, 6.45) is 8.27. The number of benzene rings is 2. The van der Waals surface area contributed by atoms with Crippen LogP contribution in [0.1, 0.15) is 37.3 Å². The summed E-state index contributed by atoms with van der Waals surface area (Å²) >= 11 is 1.55. The second kappa shape index (κ2) is 10.7. The van der Waals surface area contributed by atoms with Crippen LogP contribution in [0.15, 0.2) is 58.4 Å². The molecule has 0 fully saturated rings. The number of halogens is 3. The standard InChI is InChI=1S/C24H25F3O2S/c1-2-17-9-10-18(14-22(17)25)21-13-16(8-11-23(21)29-24(26)27)12-19-6-4-3-5-7-20(15-28)30-19/h6-11,13-14,24,28H,2-5,12,15H2,1H3/b19-6-,20-7+. The quantitative estimate of drug-likeness (QED) is 0.515. The lowest BCUT2D eigenvalue weighted by Gasteiger charge is -2.16. The van der Waals surface area contributed by atoms with Gasteiger partial charge in [-0.05, 0) is 65.5 Å². The molecule has 0 aromatic heterocycles. The molecular formula is C24H25F3O2S. The fraction of sp³-hybridized carbons (Fsp3) is 0.333. The molecule has 0 amide bonds. The van der Waals surface area contributed by atoms with Gasteiger partial charge >= 0.3 is 6.61 Å². The lowest BCUT2D eigenvalue weighted by atomic mass is 9.98. The van der Waals surface area contributed by atoms with E-state index in [2.05, 4.69) is 12.2 Å². The minimum Gasteiger partial charge on any atom is -0.434 e. The molecule has 0 bridgehead atoms. The lowest BCUT2D eigenvalue weighted by molar-refractivity contribution is -0.0494. The first-order chi connectivity index (χ1) is 14.5. The number of hydrogen-bond donors (Lipinski definition) is 1. The molecule has 1 N–H and O–H groups in total. The Bertz CT molecular complexity index is 938. The summed E-state index contributed by atoms with van der Waals surface area (Å²) in [4.78, 5) is 2.01. The third kappa shape index (κ3) is 5.92. The Morgan fingerprint density at radius 3 is 2.50 bits per heavy atom. The highest BCUT2D eigenvalue weighted by Crippen LogP contribution is 2.36. The predicted octanol–water partition coefficient (Wildman–Crippen LogP) is 6.88. The van der Waals surface area contributed by atoms with Crippen molar-refractivity contribution in [2.75, 3.05) is 6.61 Å². The van der Waals surface area contributed by atoms with Crippen molar-refractivity contribution in [3.63, 3.8) is 0 Å². The SMILES string of the molecule is CCc1ccc(-c2cc(C/C3=C/CCC/C=C(\CO)S3)ccc2OC(F)F)cc1F. The van der Waals surface area contributed by atoms with Crippen molar-refractivity contribution in [2.24, 2.45) is 0 Å². The average molecular weight is 435 g/mol. The molecule has 2 nitrogen and oxygen atoms in total. The van der Waals surface area contributed by atoms with Crippen molar-refractivity contribution in [1.29, 1.82) is 0 Å². The number of aliphatic hydroxyl groups excluding tert-OH is 1. The van der Waals surface area contributed by atoms with Gasteiger partial charge in [0, 0.05) is 16.9 Å². The van der Waals surface area contributed by atoms with Gasteiger partial charge in [0.05, 0.1) is 6.61 Å². The average Bonchev–Trinajstić information content (AvgIpc) is 2.70. The van der Waals surface area contributed by atoms with E-state index in [0.717, 1.165) is 34.6 Å². The van der Waals surface area contributed by atoms with Crippen molar-refractivity contribution >= 4 is 11.8 Å². The zero-order chi connectivity index (χ0) is 21.5. The Morgan fingerprint density at radius 2 is 1.83 bits per heavy atom. The summed E-state index contributed by atoms with van der Waals surface area (Å²) in [6, 6.07) is 9.82. The van der Waals surface area contributed by atoms with Gasteiger partial charge in [-0.2, -0.15) is 8.78 Å². The molecule has 3 rings (SSSR count). The molecule has 2 aromatic rings. The number of hydrogen-bond acceptors (Lipinski definition) is 3. The van der Waals surface area contributed by atoms with Crippen molar-refractivity contribution < 1.29 is 23.0 Å². The fourth-order valence-corrected chi connectivity index (χ4v) is 4.46. The van der Waals surface area contributed by atoms with E-state index in [1.807, 2.05) is 6.92 Å². The van der Waals surface area contributed by atoms with Crippen LogP contribution in [0.4, 0.5) is 13.2 Å². The summed E-state index contributed by atoms with van der Waals surface area (Å²) in [7, 11) is 0. The molecule has 0 saturated carbocycles. The molecule has 0 aliphatic carbocycles. The number of allylic oxidation sites excluding steroid dienone is 3. The highest BCUT2D eigenvalue weighted by atomic mass is 32.2. The van der Waals surface area contributed by atoms with Crippen LogP contribution in [0, 0.1) is 5.82 Å². The van der Waals surface area contributed by atoms with Gasteiger partial charge in [0.2, 0.25) is 0 Å². The maximum absolute atomic E-state index is 14.3. The molecule has 1 aliphatic rings. The first-order valence-corrected chi connectivity index (χ1v) is 10.8. The summed E-state index contributed by atoms with van der Waals surface area (Å²) in [5.41, 5.74) is 2.41. The number of thioether (sulfide) groups is 1. The van der Waals surface area contributed by atoms with Gasteiger partial charge in [-0.15, -0.1) is 0 Å². The Hall–Kier alpha value is -2.18. The van der Waals surface area contributed by atoms with Crippen LogP contribution in [0.25, 0.3) is 11.1 Å². The molecule has 2 aromatic carbocycles. The van der Waals surface area contributed by atoms with Crippen LogP contribution in [0.5, 0.6) is 5.75 Å². The predicted molar refractivity (Wildman–Crippen MR) is 116 cm³/mol. The van der Waals surface area contributed by atoms with Crippen molar-refractivity contribution in [2.45, 2.75) is 45.6 Å². The molecule has 6 heteroatoms. The molecule has 0 spiro atoms. The summed E-state index contributed by atoms with van der Waals surface area (Å²) in [5.74, 6) is -0.341. The molecule has 1 heterocycles. The van der Waals surface area contributed by atoms with Crippen molar-refractivity contribution in [3.8, 4) is 16.9 Å². The van der Waals surface area contributed by atoms with Crippen molar-refractivity contribution in [3.05, 3.63) is 75.3 Å². The largest absolute Gasteiger partial charge is 0.434 e. The van der Waals surface area contributed by atoms with E-state index >= 15 is 0 Å². The topological polar surface area (TPSA) is 29.5 Å². The first kappa shape index (κ1) is 22.5. The van der Waals surface area contributed by atoms with Gasteiger partial charge in [-0.25, -0.2) is 4.39 Å². The minimum absolute atomic E-state index is 0.00250. The Morgan fingerprint density at radius 1 is 1.07 bits per heavy atom. The molecule has 160 valence electrons. The van der Waals surface area contributed by atoms with Gasteiger partial charge in [-0.3, -0.25) is 0 Å². The summed E-state index contributed by atoms with van der Waals surface area (Å²) in [6.45, 7) is -1.10. The molecule has 0 atom stereocenters. The fourth-order valence-electron chi connectivity index (χ4n) is 3.41. The Balaban J connectivity index is 1.94. The van der Waals surface area contributed by atoms with E-state index in [-0.39, 0.29) is 18.2 Å². The normalized spacial score (nSPS) is 18.2. The number of aliphatic hydroxyl groups is 1. The molecule has 0 saturated heterocycles. The third-order valence-electron chi connectivity index (χ3n) is 4.95.